The topological polar surface area (TPSA) is 42.0 Å². The van der Waals surface area contributed by atoms with Gasteiger partial charge in [0, 0.05) is 12.7 Å². The van der Waals surface area contributed by atoms with Gasteiger partial charge in [-0.1, -0.05) is 12.5 Å². The van der Waals surface area contributed by atoms with Crippen LogP contribution in [0.2, 0.25) is 0 Å². The van der Waals surface area contributed by atoms with E-state index in [0.717, 1.165) is 6.54 Å². The van der Waals surface area contributed by atoms with Gasteiger partial charge in [0.2, 0.25) is 0 Å². The molecule has 0 atom stereocenters. The fourth-order valence-corrected chi connectivity index (χ4v) is 1.52. The van der Waals surface area contributed by atoms with E-state index in [2.05, 4.69) is 10.3 Å². The van der Waals surface area contributed by atoms with E-state index in [4.69, 9.17) is 0 Å². The molecule has 1 N–H and O–H groups in total. The van der Waals surface area contributed by atoms with Crippen molar-refractivity contribution in [2.75, 3.05) is 6.54 Å². The molecule has 0 saturated heterocycles. The Morgan fingerprint density at radius 1 is 1.50 bits per heavy atom. The first-order valence-corrected chi connectivity index (χ1v) is 5.05. The van der Waals surface area contributed by atoms with Gasteiger partial charge in [-0.15, -0.1) is 0 Å². The number of hydrogen-bond acceptors (Lipinski definition) is 2. The van der Waals surface area contributed by atoms with Gasteiger partial charge in [0.15, 0.2) is 0 Å². The quantitative estimate of drug-likeness (QED) is 0.786. The third-order valence-electron chi connectivity index (χ3n) is 2.67. The highest BCUT2D eigenvalue weighted by molar-refractivity contribution is 5.92. The van der Waals surface area contributed by atoms with E-state index in [-0.39, 0.29) is 5.91 Å². The Balaban J connectivity index is 1.83. The molecular formula is C11H14N2O. The summed E-state index contributed by atoms with van der Waals surface area (Å²) in [4.78, 5) is 15.5. The minimum Gasteiger partial charge on any atom is -0.350 e. The summed E-state index contributed by atoms with van der Waals surface area (Å²) in [7, 11) is 0. The average molecular weight is 190 g/mol. The molecule has 2 rings (SSSR count). The van der Waals surface area contributed by atoms with Gasteiger partial charge in [0.1, 0.15) is 5.69 Å². The summed E-state index contributed by atoms with van der Waals surface area (Å²) in [6, 6.07) is 5.37. The highest BCUT2D eigenvalue weighted by Crippen LogP contribution is 2.25. The predicted octanol–water partition coefficient (Wildman–Crippen LogP) is 1.61. The Labute approximate surface area is 83.5 Å². The van der Waals surface area contributed by atoms with Crippen LogP contribution < -0.4 is 5.32 Å². The van der Waals surface area contributed by atoms with Crippen LogP contribution in [0.3, 0.4) is 0 Å². The van der Waals surface area contributed by atoms with E-state index in [9.17, 15) is 4.79 Å². The molecule has 1 fully saturated rings. The number of nitrogens with zero attached hydrogens (tertiary/aromatic N) is 1. The van der Waals surface area contributed by atoms with Gasteiger partial charge in [-0.25, -0.2) is 0 Å². The zero-order valence-electron chi connectivity index (χ0n) is 8.07. The first kappa shape index (κ1) is 9.19. The van der Waals surface area contributed by atoms with Crippen LogP contribution in [-0.2, 0) is 0 Å². The largest absolute Gasteiger partial charge is 0.350 e. The van der Waals surface area contributed by atoms with E-state index < -0.39 is 0 Å². The molecule has 1 aliphatic carbocycles. The van der Waals surface area contributed by atoms with Gasteiger partial charge < -0.3 is 5.32 Å². The first-order valence-electron chi connectivity index (χ1n) is 5.05. The Morgan fingerprint density at radius 3 is 2.93 bits per heavy atom. The third-order valence-corrected chi connectivity index (χ3v) is 2.67. The molecule has 0 bridgehead atoms. The second-order valence-corrected chi connectivity index (χ2v) is 3.72. The number of nitrogens with one attached hydrogen (secondary N) is 1. The van der Waals surface area contributed by atoms with E-state index in [0.29, 0.717) is 11.6 Å². The maximum absolute atomic E-state index is 11.5. The normalized spacial score (nSPS) is 16.0. The van der Waals surface area contributed by atoms with Crippen molar-refractivity contribution in [2.45, 2.75) is 19.3 Å². The Bertz CT molecular complexity index is 306. The van der Waals surface area contributed by atoms with Crippen LogP contribution in [0.1, 0.15) is 29.8 Å². The number of pyridine rings is 1. The number of hydrogen-bond donors (Lipinski definition) is 1. The van der Waals surface area contributed by atoms with Gasteiger partial charge in [0.25, 0.3) is 5.91 Å². The van der Waals surface area contributed by atoms with Gasteiger partial charge in [-0.2, -0.15) is 0 Å². The summed E-state index contributed by atoms with van der Waals surface area (Å²) in [6.45, 7) is 0.801. The molecule has 3 nitrogen and oxygen atoms in total. The number of aromatic nitrogens is 1. The van der Waals surface area contributed by atoms with Crippen LogP contribution in [0.5, 0.6) is 0 Å². The highest BCUT2D eigenvalue weighted by Gasteiger charge is 2.18. The SMILES string of the molecule is O=C(NCC1CCC1)c1ccccn1. The van der Waals surface area contributed by atoms with E-state index in [1.807, 2.05) is 12.1 Å². The second kappa shape index (κ2) is 4.22. The number of carbonyl (C=O) groups is 1. The maximum atomic E-state index is 11.5. The van der Waals surface area contributed by atoms with Crippen molar-refractivity contribution in [3.8, 4) is 0 Å². The second-order valence-electron chi connectivity index (χ2n) is 3.72. The van der Waals surface area contributed by atoms with Crippen molar-refractivity contribution in [2.24, 2.45) is 5.92 Å². The van der Waals surface area contributed by atoms with Crippen molar-refractivity contribution < 1.29 is 4.79 Å². The molecule has 1 amide bonds. The van der Waals surface area contributed by atoms with E-state index >= 15 is 0 Å². The average Bonchev–Trinajstić information content (AvgIpc) is 2.16. The third kappa shape index (κ3) is 2.10. The number of carbonyl (C=O) groups excluding carboxylic acids is 1. The molecule has 1 aromatic heterocycles. The molecule has 0 aromatic carbocycles. The minimum atomic E-state index is -0.0579. The summed E-state index contributed by atoms with van der Waals surface area (Å²) in [6.07, 6.45) is 5.45. The van der Waals surface area contributed by atoms with Gasteiger partial charge in [-0.3, -0.25) is 9.78 Å². The van der Waals surface area contributed by atoms with Gasteiger partial charge >= 0.3 is 0 Å². The van der Waals surface area contributed by atoms with Crippen LogP contribution in [0.25, 0.3) is 0 Å². The zero-order valence-corrected chi connectivity index (χ0v) is 8.07. The lowest BCUT2D eigenvalue weighted by Gasteiger charge is -2.25. The fraction of sp³-hybridized carbons (Fsp3) is 0.455. The molecule has 0 unspecified atom stereocenters. The summed E-state index contributed by atoms with van der Waals surface area (Å²) < 4.78 is 0. The van der Waals surface area contributed by atoms with Gasteiger partial charge in [-0.05, 0) is 30.9 Å². The molecule has 0 radical (unpaired) electrons. The summed E-state index contributed by atoms with van der Waals surface area (Å²) in [5.74, 6) is 0.639. The van der Waals surface area contributed by atoms with Gasteiger partial charge in [0.05, 0.1) is 0 Å². The van der Waals surface area contributed by atoms with Crippen LogP contribution >= 0.6 is 0 Å². The summed E-state index contributed by atoms with van der Waals surface area (Å²) in [5.41, 5.74) is 0.506. The van der Waals surface area contributed by atoms with Crippen molar-refractivity contribution >= 4 is 5.91 Å². The van der Waals surface area contributed by atoms with Crippen LogP contribution in [-0.4, -0.2) is 17.4 Å². The Kier molecular flexibility index (Phi) is 2.77. The summed E-state index contributed by atoms with van der Waals surface area (Å²) in [5, 5.41) is 2.90. The smallest absolute Gasteiger partial charge is 0.269 e. The fourth-order valence-electron chi connectivity index (χ4n) is 1.52. The number of amides is 1. The molecule has 1 heterocycles. The number of rotatable bonds is 3. The van der Waals surface area contributed by atoms with Crippen LogP contribution in [0.15, 0.2) is 24.4 Å². The Morgan fingerprint density at radius 2 is 2.36 bits per heavy atom. The molecule has 14 heavy (non-hydrogen) atoms. The standard InChI is InChI=1S/C11H14N2O/c14-11(10-6-1-2-7-12-10)13-8-9-4-3-5-9/h1-2,6-7,9H,3-5,8H2,(H,13,14). The van der Waals surface area contributed by atoms with Crippen molar-refractivity contribution in [1.29, 1.82) is 0 Å². The van der Waals surface area contributed by atoms with Crippen molar-refractivity contribution in [3.63, 3.8) is 0 Å². The molecule has 74 valence electrons. The minimum absolute atomic E-state index is 0.0579. The highest BCUT2D eigenvalue weighted by atomic mass is 16.1. The lowest BCUT2D eigenvalue weighted by molar-refractivity contribution is 0.0934. The lowest BCUT2D eigenvalue weighted by atomic mass is 9.85. The molecule has 3 heteroatoms. The predicted molar refractivity (Wildman–Crippen MR) is 53.9 cm³/mol. The van der Waals surface area contributed by atoms with E-state index in [1.165, 1.54) is 19.3 Å². The maximum Gasteiger partial charge on any atom is 0.269 e. The van der Waals surface area contributed by atoms with E-state index in [1.54, 1.807) is 12.3 Å². The molecular weight excluding hydrogens is 176 g/mol. The zero-order chi connectivity index (χ0) is 9.80. The summed E-state index contributed by atoms with van der Waals surface area (Å²) >= 11 is 0. The van der Waals surface area contributed by atoms with Crippen molar-refractivity contribution in [3.05, 3.63) is 30.1 Å². The molecule has 0 spiro atoms. The molecule has 0 aliphatic heterocycles. The lowest BCUT2D eigenvalue weighted by Crippen LogP contribution is -2.32. The monoisotopic (exact) mass is 190 g/mol. The molecule has 1 aliphatic rings. The van der Waals surface area contributed by atoms with Crippen LogP contribution in [0.4, 0.5) is 0 Å². The first-order chi connectivity index (χ1) is 6.86. The van der Waals surface area contributed by atoms with Crippen molar-refractivity contribution in [1.82, 2.24) is 10.3 Å². The van der Waals surface area contributed by atoms with Crippen LogP contribution in [0, 0.1) is 5.92 Å². The molecule has 1 saturated carbocycles. The Hall–Kier alpha value is -1.38. The molecule has 1 aromatic rings.